The minimum absolute atomic E-state index is 0.0572. The van der Waals surface area contributed by atoms with Crippen molar-refractivity contribution in [2.75, 3.05) is 11.1 Å². The molecule has 2 rings (SSSR count). The van der Waals surface area contributed by atoms with Crippen molar-refractivity contribution in [1.29, 1.82) is 0 Å². The molecule has 18 heavy (non-hydrogen) atoms. The number of nitrogens with one attached hydrogen (secondary N) is 1. The SMILES string of the molecule is Nc1ccc(Nc2ccccc2S(N)(=O)=O)cc1. The van der Waals surface area contributed by atoms with Crippen LogP contribution in [-0.2, 0) is 10.0 Å². The van der Waals surface area contributed by atoms with E-state index in [1.54, 1.807) is 42.5 Å². The molecule has 0 aliphatic heterocycles. The Kier molecular flexibility index (Phi) is 3.22. The van der Waals surface area contributed by atoms with Gasteiger partial charge in [-0.1, -0.05) is 12.1 Å². The van der Waals surface area contributed by atoms with E-state index in [1.165, 1.54) is 6.07 Å². The van der Waals surface area contributed by atoms with Gasteiger partial charge in [0.05, 0.1) is 5.69 Å². The zero-order chi connectivity index (χ0) is 13.2. The molecule has 5 nitrogen and oxygen atoms in total. The molecule has 0 radical (unpaired) electrons. The van der Waals surface area contributed by atoms with Gasteiger partial charge in [-0.15, -0.1) is 0 Å². The number of para-hydroxylation sites is 1. The minimum atomic E-state index is -3.75. The van der Waals surface area contributed by atoms with Crippen LogP contribution in [0.1, 0.15) is 0 Å². The number of hydrogen-bond donors (Lipinski definition) is 3. The van der Waals surface area contributed by atoms with E-state index in [0.717, 1.165) is 5.69 Å². The van der Waals surface area contributed by atoms with Gasteiger partial charge < -0.3 is 11.1 Å². The zero-order valence-electron chi connectivity index (χ0n) is 9.50. The highest BCUT2D eigenvalue weighted by Gasteiger charge is 2.12. The number of rotatable bonds is 3. The summed E-state index contributed by atoms with van der Waals surface area (Å²) in [6.07, 6.45) is 0. The summed E-state index contributed by atoms with van der Waals surface area (Å²) in [6, 6.07) is 13.4. The number of nitrogen functional groups attached to an aromatic ring is 1. The Morgan fingerprint density at radius 2 is 1.56 bits per heavy atom. The maximum atomic E-state index is 11.4. The predicted octanol–water partition coefficient (Wildman–Crippen LogP) is 1.66. The molecule has 0 bridgehead atoms. The van der Waals surface area contributed by atoms with Gasteiger partial charge in [0.1, 0.15) is 4.90 Å². The van der Waals surface area contributed by atoms with Crippen molar-refractivity contribution in [2.45, 2.75) is 4.90 Å². The number of primary sulfonamides is 1. The number of benzene rings is 2. The lowest BCUT2D eigenvalue weighted by atomic mass is 10.2. The Bertz CT molecular complexity index is 651. The molecular formula is C12H13N3O2S. The fourth-order valence-electron chi connectivity index (χ4n) is 1.54. The summed E-state index contributed by atoms with van der Waals surface area (Å²) >= 11 is 0. The molecule has 0 atom stereocenters. The molecule has 0 amide bonds. The van der Waals surface area contributed by atoms with E-state index >= 15 is 0 Å². The highest BCUT2D eigenvalue weighted by atomic mass is 32.2. The van der Waals surface area contributed by atoms with Gasteiger partial charge >= 0.3 is 0 Å². The monoisotopic (exact) mass is 263 g/mol. The summed E-state index contributed by atoms with van der Waals surface area (Å²) in [5.41, 5.74) is 7.39. The van der Waals surface area contributed by atoms with Gasteiger partial charge in [-0.25, -0.2) is 13.6 Å². The van der Waals surface area contributed by atoms with Gasteiger partial charge in [0.2, 0.25) is 10.0 Å². The van der Waals surface area contributed by atoms with Crippen LogP contribution in [-0.4, -0.2) is 8.42 Å². The first-order valence-corrected chi connectivity index (χ1v) is 6.76. The Morgan fingerprint density at radius 1 is 0.944 bits per heavy atom. The van der Waals surface area contributed by atoms with Crippen molar-refractivity contribution in [2.24, 2.45) is 5.14 Å². The summed E-state index contributed by atoms with van der Waals surface area (Å²) in [7, 11) is -3.75. The second-order valence-electron chi connectivity index (χ2n) is 3.79. The van der Waals surface area contributed by atoms with Crippen molar-refractivity contribution in [1.82, 2.24) is 0 Å². The third-order valence-electron chi connectivity index (χ3n) is 2.38. The molecule has 94 valence electrons. The highest BCUT2D eigenvalue weighted by Crippen LogP contribution is 2.24. The topological polar surface area (TPSA) is 98.2 Å². The van der Waals surface area contributed by atoms with Gasteiger partial charge in [-0.3, -0.25) is 0 Å². The number of hydrogen-bond acceptors (Lipinski definition) is 4. The number of nitrogens with two attached hydrogens (primary N) is 2. The minimum Gasteiger partial charge on any atom is -0.399 e. The second-order valence-corrected chi connectivity index (χ2v) is 5.32. The average Bonchev–Trinajstić information content (AvgIpc) is 2.31. The Hall–Kier alpha value is -2.05. The summed E-state index contributed by atoms with van der Waals surface area (Å²) in [6.45, 7) is 0. The summed E-state index contributed by atoms with van der Waals surface area (Å²) in [4.78, 5) is 0.0572. The van der Waals surface area contributed by atoms with Crippen LogP contribution in [0, 0.1) is 0 Å². The van der Waals surface area contributed by atoms with Crippen LogP contribution in [0.25, 0.3) is 0 Å². The Balaban J connectivity index is 2.38. The molecule has 6 heteroatoms. The smallest absolute Gasteiger partial charge is 0.240 e. The van der Waals surface area contributed by atoms with Crippen LogP contribution in [0.4, 0.5) is 17.1 Å². The third kappa shape index (κ3) is 2.79. The Labute approximate surface area is 105 Å². The summed E-state index contributed by atoms with van der Waals surface area (Å²) in [5, 5.41) is 8.14. The van der Waals surface area contributed by atoms with Gasteiger partial charge in [0.25, 0.3) is 0 Å². The third-order valence-corrected chi connectivity index (χ3v) is 3.35. The maximum Gasteiger partial charge on any atom is 0.240 e. The van der Waals surface area contributed by atoms with Crippen LogP contribution in [0.5, 0.6) is 0 Å². The lowest BCUT2D eigenvalue weighted by Crippen LogP contribution is -2.14. The molecular weight excluding hydrogens is 250 g/mol. The standard InChI is InChI=1S/C12H13N3O2S/c13-9-5-7-10(8-6-9)15-11-3-1-2-4-12(11)18(14,16)17/h1-8,15H,13H2,(H2,14,16,17). The van der Waals surface area contributed by atoms with Crippen molar-refractivity contribution in [3.63, 3.8) is 0 Å². The van der Waals surface area contributed by atoms with E-state index in [1.807, 2.05) is 0 Å². The normalized spacial score (nSPS) is 11.2. The lowest BCUT2D eigenvalue weighted by molar-refractivity contribution is 0.598. The predicted molar refractivity (Wildman–Crippen MR) is 72.0 cm³/mol. The summed E-state index contributed by atoms with van der Waals surface area (Å²) in [5.74, 6) is 0. The fraction of sp³-hybridized carbons (Fsp3) is 0. The molecule has 5 N–H and O–H groups in total. The van der Waals surface area contributed by atoms with Gasteiger partial charge in [0.15, 0.2) is 0 Å². The van der Waals surface area contributed by atoms with E-state index in [2.05, 4.69) is 5.32 Å². The molecule has 0 saturated heterocycles. The highest BCUT2D eigenvalue weighted by molar-refractivity contribution is 7.89. The maximum absolute atomic E-state index is 11.4. The fourth-order valence-corrected chi connectivity index (χ4v) is 2.23. The van der Waals surface area contributed by atoms with Crippen LogP contribution < -0.4 is 16.2 Å². The van der Waals surface area contributed by atoms with Crippen LogP contribution >= 0.6 is 0 Å². The van der Waals surface area contributed by atoms with Crippen molar-refractivity contribution in [3.05, 3.63) is 48.5 Å². The first-order valence-electron chi connectivity index (χ1n) is 5.21. The van der Waals surface area contributed by atoms with Gasteiger partial charge in [0, 0.05) is 11.4 Å². The molecule has 0 spiro atoms. The van der Waals surface area contributed by atoms with Crippen LogP contribution in [0.15, 0.2) is 53.4 Å². The molecule has 0 heterocycles. The van der Waals surface area contributed by atoms with E-state index in [-0.39, 0.29) is 4.90 Å². The first kappa shape index (κ1) is 12.4. The molecule has 0 saturated carbocycles. The molecule has 2 aromatic carbocycles. The van der Waals surface area contributed by atoms with E-state index in [9.17, 15) is 8.42 Å². The number of anilines is 3. The summed E-state index contributed by atoms with van der Waals surface area (Å²) < 4.78 is 22.8. The van der Waals surface area contributed by atoms with Crippen LogP contribution in [0.3, 0.4) is 0 Å². The molecule has 0 unspecified atom stereocenters. The zero-order valence-corrected chi connectivity index (χ0v) is 10.3. The van der Waals surface area contributed by atoms with Gasteiger partial charge in [-0.05, 0) is 36.4 Å². The Morgan fingerprint density at radius 3 is 2.17 bits per heavy atom. The van der Waals surface area contributed by atoms with Crippen molar-refractivity contribution in [3.8, 4) is 0 Å². The quantitative estimate of drug-likeness (QED) is 0.733. The second kappa shape index (κ2) is 4.67. The molecule has 0 fully saturated rings. The van der Waals surface area contributed by atoms with E-state index in [0.29, 0.717) is 11.4 Å². The number of sulfonamides is 1. The molecule has 0 aliphatic rings. The average molecular weight is 263 g/mol. The largest absolute Gasteiger partial charge is 0.399 e. The lowest BCUT2D eigenvalue weighted by Gasteiger charge is -2.10. The molecule has 0 aromatic heterocycles. The van der Waals surface area contributed by atoms with Crippen molar-refractivity contribution >= 4 is 27.1 Å². The van der Waals surface area contributed by atoms with Crippen LogP contribution in [0.2, 0.25) is 0 Å². The van der Waals surface area contributed by atoms with E-state index < -0.39 is 10.0 Å². The molecule has 2 aromatic rings. The van der Waals surface area contributed by atoms with E-state index in [4.69, 9.17) is 10.9 Å². The first-order chi connectivity index (χ1) is 8.47. The van der Waals surface area contributed by atoms with Crippen molar-refractivity contribution < 1.29 is 8.42 Å². The molecule has 0 aliphatic carbocycles. The van der Waals surface area contributed by atoms with Gasteiger partial charge in [-0.2, -0.15) is 0 Å².